The minimum atomic E-state index is -0.617. The van der Waals surface area contributed by atoms with Gasteiger partial charge >= 0.3 is 0 Å². The molecule has 0 saturated carbocycles. The van der Waals surface area contributed by atoms with Gasteiger partial charge in [-0.2, -0.15) is 0 Å². The fraction of sp³-hybridized carbons (Fsp3) is 0.143. The van der Waals surface area contributed by atoms with Crippen LogP contribution in [-0.4, -0.2) is 28.5 Å². The summed E-state index contributed by atoms with van der Waals surface area (Å²) in [6, 6.07) is 9.10. The fourth-order valence-electron chi connectivity index (χ4n) is 3.35. The number of carbonyl (C=O) groups is 1. The summed E-state index contributed by atoms with van der Waals surface area (Å²) in [5.41, 5.74) is 6.93. The summed E-state index contributed by atoms with van der Waals surface area (Å²) >= 11 is 6.22. The maximum Gasteiger partial charge on any atom is 0.267 e. The normalized spacial score (nSPS) is 15.7. The largest absolute Gasteiger partial charge is 0.472 e. The van der Waals surface area contributed by atoms with Gasteiger partial charge in [-0.15, -0.1) is 0 Å². The van der Waals surface area contributed by atoms with E-state index in [0.29, 0.717) is 11.3 Å². The molecule has 0 aliphatic carbocycles. The van der Waals surface area contributed by atoms with Gasteiger partial charge in [0.1, 0.15) is 29.6 Å². The molecule has 0 spiro atoms. The molecule has 0 fully saturated rings. The molecule has 1 aliphatic rings. The quantitative estimate of drug-likeness (QED) is 0.613. The molecule has 0 radical (unpaired) electrons. The van der Waals surface area contributed by atoms with Crippen molar-refractivity contribution in [1.29, 1.82) is 0 Å². The Bertz CT molecular complexity index is 1210. The lowest BCUT2D eigenvalue weighted by Crippen LogP contribution is -2.36. The van der Waals surface area contributed by atoms with Crippen molar-refractivity contribution >= 4 is 34.7 Å². The number of halogens is 2. The van der Waals surface area contributed by atoms with Crippen molar-refractivity contribution < 1.29 is 13.9 Å². The molecular weight excluding hydrogens is 409 g/mol. The highest BCUT2D eigenvalue weighted by Gasteiger charge is 2.32. The molecule has 0 bridgehead atoms. The number of ether oxygens (including phenoxy) is 1. The Morgan fingerprint density at radius 1 is 1.30 bits per heavy atom. The Morgan fingerprint density at radius 2 is 2.10 bits per heavy atom. The first-order valence-corrected chi connectivity index (χ1v) is 9.33. The third-order valence-electron chi connectivity index (χ3n) is 4.70. The van der Waals surface area contributed by atoms with Crippen LogP contribution < -0.4 is 15.4 Å². The molecule has 9 heteroatoms. The molecule has 0 unspecified atom stereocenters. The van der Waals surface area contributed by atoms with Gasteiger partial charge in [-0.1, -0.05) is 29.8 Å². The number of anilines is 2. The van der Waals surface area contributed by atoms with Crippen molar-refractivity contribution in [2.45, 2.75) is 13.0 Å². The zero-order valence-electron chi connectivity index (χ0n) is 15.8. The smallest absolute Gasteiger partial charge is 0.267 e. The first-order valence-electron chi connectivity index (χ1n) is 8.95. The van der Waals surface area contributed by atoms with Gasteiger partial charge in [-0.3, -0.25) is 4.79 Å². The van der Waals surface area contributed by atoms with Crippen LogP contribution in [0.2, 0.25) is 5.02 Å². The Balaban J connectivity index is 1.79. The summed E-state index contributed by atoms with van der Waals surface area (Å²) in [6.07, 6.45) is 0.807. The second-order valence-electron chi connectivity index (χ2n) is 6.69. The molecule has 1 amide bonds. The number of hydrogen-bond donors (Lipinski definition) is 1. The van der Waals surface area contributed by atoms with E-state index in [2.05, 4.69) is 14.8 Å². The van der Waals surface area contributed by atoms with Crippen LogP contribution in [0, 0.1) is 12.4 Å². The average Bonchev–Trinajstić information content (AvgIpc) is 2.84. The number of amides is 1. The standard InChI is InChI=1S/C21H15ClFN5O2/c1-11-9-28(21(29)18-19(24)26-10-27-20(18)30-11)12-6-7-13(15(23)8-12)17-14(22)4-3-5-16(17)25-2/h3-8,10-11H,9H2,1H3,(H2,24,26,27)/t11-/m1/s1. The molecule has 150 valence electrons. The summed E-state index contributed by atoms with van der Waals surface area (Å²) in [4.78, 5) is 25.8. The zero-order valence-corrected chi connectivity index (χ0v) is 16.5. The molecule has 1 aromatic heterocycles. The fourth-order valence-corrected chi connectivity index (χ4v) is 3.62. The lowest BCUT2D eigenvalue weighted by Gasteiger charge is -2.23. The van der Waals surface area contributed by atoms with Gasteiger partial charge in [-0.25, -0.2) is 19.2 Å². The maximum atomic E-state index is 15.1. The minimum absolute atomic E-state index is 0.0149. The average molecular weight is 424 g/mol. The molecule has 2 aromatic carbocycles. The number of benzene rings is 2. The van der Waals surface area contributed by atoms with Crippen LogP contribution in [0.25, 0.3) is 16.0 Å². The van der Waals surface area contributed by atoms with E-state index in [1.165, 1.54) is 23.4 Å². The molecule has 1 aliphatic heterocycles. The summed E-state index contributed by atoms with van der Waals surface area (Å²) in [6.45, 7) is 9.25. The second-order valence-corrected chi connectivity index (χ2v) is 7.10. The van der Waals surface area contributed by atoms with Crippen molar-refractivity contribution in [3.05, 3.63) is 70.5 Å². The summed E-state index contributed by atoms with van der Waals surface area (Å²) in [7, 11) is 0. The number of aromatic nitrogens is 2. The predicted octanol–water partition coefficient (Wildman–Crippen LogP) is 4.50. The second kappa shape index (κ2) is 7.61. The molecule has 3 aromatic rings. The van der Waals surface area contributed by atoms with Crippen LogP contribution in [0.4, 0.5) is 21.6 Å². The number of carbonyl (C=O) groups excluding carboxylic acids is 1. The van der Waals surface area contributed by atoms with Gasteiger partial charge in [0.25, 0.3) is 5.91 Å². The molecule has 0 saturated heterocycles. The maximum absolute atomic E-state index is 15.1. The molecule has 1 atom stereocenters. The Kier molecular flexibility index (Phi) is 4.98. The van der Waals surface area contributed by atoms with E-state index in [0.717, 1.165) is 0 Å². The molecular formula is C21H15ClFN5O2. The highest BCUT2D eigenvalue weighted by Crippen LogP contribution is 2.39. The molecule has 7 nitrogen and oxygen atoms in total. The van der Waals surface area contributed by atoms with Crippen molar-refractivity contribution in [2.24, 2.45) is 0 Å². The number of fused-ring (bicyclic) bond motifs is 1. The van der Waals surface area contributed by atoms with Crippen molar-refractivity contribution in [3.63, 3.8) is 0 Å². The highest BCUT2D eigenvalue weighted by atomic mass is 35.5. The third-order valence-corrected chi connectivity index (χ3v) is 5.01. The molecule has 30 heavy (non-hydrogen) atoms. The van der Waals surface area contributed by atoms with Crippen LogP contribution in [-0.2, 0) is 0 Å². The Hall–Kier alpha value is -3.70. The van der Waals surface area contributed by atoms with Crippen molar-refractivity contribution in [1.82, 2.24) is 9.97 Å². The van der Waals surface area contributed by atoms with E-state index in [1.807, 2.05) is 0 Å². The SMILES string of the molecule is [C-]#[N+]c1cccc(Cl)c1-c1ccc(N2C[C@@H](C)Oc3ncnc(N)c3C2=O)cc1F. The van der Waals surface area contributed by atoms with Crippen LogP contribution in [0.5, 0.6) is 5.88 Å². The first-order chi connectivity index (χ1) is 14.4. The van der Waals surface area contributed by atoms with Gasteiger partial charge in [0.05, 0.1) is 13.1 Å². The van der Waals surface area contributed by atoms with E-state index in [9.17, 15) is 4.79 Å². The van der Waals surface area contributed by atoms with Crippen LogP contribution in [0.15, 0.2) is 42.7 Å². The van der Waals surface area contributed by atoms with Gasteiger partial charge < -0.3 is 15.4 Å². The first kappa shape index (κ1) is 19.6. The van der Waals surface area contributed by atoms with E-state index < -0.39 is 17.8 Å². The number of rotatable bonds is 2. The number of hydrogen-bond acceptors (Lipinski definition) is 5. The van der Waals surface area contributed by atoms with Gasteiger partial charge in [-0.05, 0) is 25.1 Å². The van der Waals surface area contributed by atoms with E-state index in [-0.39, 0.29) is 40.1 Å². The third kappa shape index (κ3) is 3.29. The summed E-state index contributed by atoms with van der Waals surface area (Å²) in [5, 5.41) is 0.266. The topological polar surface area (TPSA) is 85.7 Å². The van der Waals surface area contributed by atoms with Crippen LogP contribution in [0.1, 0.15) is 17.3 Å². The predicted molar refractivity (Wildman–Crippen MR) is 111 cm³/mol. The van der Waals surface area contributed by atoms with Gasteiger partial charge in [0, 0.05) is 21.8 Å². The highest BCUT2D eigenvalue weighted by molar-refractivity contribution is 6.34. The number of nitrogen functional groups attached to an aromatic ring is 1. The number of nitrogens with zero attached hydrogens (tertiary/aromatic N) is 4. The number of nitrogens with two attached hydrogens (primary N) is 1. The zero-order chi connectivity index (χ0) is 21.4. The van der Waals surface area contributed by atoms with Gasteiger partial charge in [0.2, 0.25) is 5.88 Å². The lowest BCUT2D eigenvalue weighted by molar-refractivity contribution is 0.0988. The van der Waals surface area contributed by atoms with E-state index in [4.69, 9.17) is 28.6 Å². The summed E-state index contributed by atoms with van der Waals surface area (Å²) in [5.74, 6) is -1.02. The van der Waals surface area contributed by atoms with E-state index in [1.54, 1.807) is 31.2 Å². The summed E-state index contributed by atoms with van der Waals surface area (Å²) < 4.78 is 20.8. The van der Waals surface area contributed by atoms with Crippen molar-refractivity contribution in [2.75, 3.05) is 17.2 Å². The molecule has 2 N–H and O–H groups in total. The Morgan fingerprint density at radius 3 is 2.83 bits per heavy atom. The van der Waals surface area contributed by atoms with Crippen molar-refractivity contribution in [3.8, 4) is 17.0 Å². The van der Waals surface area contributed by atoms with E-state index >= 15 is 4.39 Å². The van der Waals surface area contributed by atoms with Crippen LogP contribution >= 0.6 is 11.6 Å². The monoisotopic (exact) mass is 423 g/mol. The minimum Gasteiger partial charge on any atom is -0.472 e. The lowest BCUT2D eigenvalue weighted by atomic mass is 10.0. The molecule has 2 heterocycles. The van der Waals surface area contributed by atoms with Gasteiger partial charge in [0.15, 0.2) is 5.69 Å². The molecule has 4 rings (SSSR count). The van der Waals surface area contributed by atoms with Crippen LogP contribution in [0.3, 0.4) is 0 Å². The Labute approximate surface area is 176 Å².